The number of rotatable bonds is 3. The average molecular weight is 290 g/mol. The normalized spacial score (nSPS) is 21.1. The lowest BCUT2D eigenvalue weighted by Crippen LogP contribution is -2.40. The lowest BCUT2D eigenvalue weighted by Gasteiger charge is -2.27. The maximum atomic E-state index is 12.4. The summed E-state index contributed by atoms with van der Waals surface area (Å²) in [7, 11) is 1.85. The van der Waals surface area contributed by atoms with Gasteiger partial charge in [0, 0.05) is 7.05 Å². The van der Waals surface area contributed by atoms with Crippen molar-refractivity contribution < 1.29 is 9.59 Å². The predicted octanol–water partition coefficient (Wildman–Crippen LogP) is 1.67. The highest BCUT2D eigenvalue weighted by molar-refractivity contribution is 8.00. The molecule has 1 aromatic carbocycles. The summed E-state index contributed by atoms with van der Waals surface area (Å²) in [5.74, 6) is 1.24. The van der Waals surface area contributed by atoms with E-state index in [-0.39, 0.29) is 24.4 Å². The van der Waals surface area contributed by atoms with Crippen LogP contribution < -0.4 is 0 Å². The van der Waals surface area contributed by atoms with Gasteiger partial charge in [0.1, 0.15) is 6.54 Å². The fraction of sp³-hybridized carbons (Fsp3) is 0.467. The first-order chi connectivity index (χ1) is 9.66. The van der Waals surface area contributed by atoms with Crippen molar-refractivity contribution in [3.63, 3.8) is 0 Å². The Balaban J connectivity index is 1.69. The molecule has 1 aliphatic carbocycles. The first-order valence-electron chi connectivity index (χ1n) is 6.86. The summed E-state index contributed by atoms with van der Waals surface area (Å²) >= 11 is 1.57. The van der Waals surface area contributed by atoms with Gasteiger partial charge in [-0.2, -0.15) is 0 Å². The van der Waals surface area contributed by atoms with Gasteiger partial charge < -0.3 is 9.80 Å². The van der Waals surface area contributed by atoms with Gasteiger partial charge in [-0.15, -0.1) is 11.8 Å². The van der Waals surface area contributed by atoms with E-state index in [1.807, 2.05) is 24.1 Å². The van der Waals surface area contributed by atoms with E-state index < -0.39 is 0 Å². The van der Waals surface area contributed by atoms with Crippen LogP contribution in [0.4, 0.5) is 0 Å². The second kappa shape index (κ2) is 5.48. The van der Waals surface area contributed by atoms with Crippen molar-refractivity contribution >= 4 is 23.6 Å². The van der Waals surface area contributed by atoms with E-state index in [9.17, 15) is 9.59 Å². The molecule has 2 aliphatic rings. The summed E-state index contributed by atoms with van der Waals surface area (Å²) in [6.07, 6.45) is 2.00. The van der Waals surface area contributed by atoms with E-state index in [0.717, 1.165) is 12.8 Å². The molecule has 0 aromatic heterocycles. The van der Waals surface area contributed by atoms with Crippen LogP contribution in [-0.2, 0) is 16.0 Å². The zero-order chi connectivity index (χ0) is 14.1. The van der Waals surface area contributed by atoms with Crippen LogP contribution in [0.1, 0.15) is 23.6 Å². The number of likely N-dealkylation sites (N-methyl/N-ethyl adjacent to an activating group) is 1. The minimum atomic E-state index is 0.0301. The van der Waals surface area contributed by atoms with Crippen molar-refractivity contribution in [3.05, 3.63) is 35.4 Å². The third kappa shape index (κ3) is 2.42. The Morgan fingerprint density at radius 3 is 3.00 bits per heavy atom. The Labute approximate surface area is 123 Å². The molecule has 1 aliphatic heterocycles. The van der Waals surface area contributed by atoms with Crippen molar-refractivity contribution in [2.75, 3.05) is 25.2 Å². The van der Waals surface area contributed by atoms with Crippen LogP contribution >= 0.6 is 11.8 Å². The number of benzene rings is 1. The number of thioether (sulfide) groups is 1. The standard InChI is InChI=1S/C15H18N2O2S/c1-16(14(18)8-17-10-20-9-15(17)19)13-7-6-11-4-2-3-5-12(11)13/h2-5,13H,6-10H2,1H3. The van der Waals surface area contributed by atoms with E-state index in [1.165, 1.54) is 11.1 Å². The molecule has 2 amide bonds. The van der Waals surface area contributed by atoms with Crippen LogP contribution in [0.15, 0.2) is 24.3 Å². The number of aryl methyl sites for hydroxylation is 1. The molecule has 0 saturated carbocycles. The van der Waals surface area contributed by atoms with Crippen LogP contribution in [-0.4, -0.2) is 46.8 Å². The molecule has 1 fully saturated rings. The van der Waals surface area contributed by atoms with Crippen LogP contribution in [0.3, 0.4) is 0 Å². The average Bonchev–Trinajstić information content (AvgIpc) is 3.05. The number of amides is 2. The number of carbonyl (C=O) groups is 2. The number of hydrogen-bond acceptors (Lipinski definition) is 3. The maximum absolute atomic E-state index is 12.4. The summed E-state index contributed by atoms with van der Waals surface area (Å²) in [5, 5.41) is 0. The van der Waals surface area contributed by atoms with Gasteiger partial charge in [0.05, 0.1) is 17.7 Å². The van der Waals surface area contributed by atoms with Crippen molar-refractivity contribution in [2.45, 2.75) is 18.9 Å². The summed E-state index contributed by atoms with van der Waals surface area (Å²) < 4.78 is 0. The van der Waals surface area contributed by atoms with E-state index in [1.54, 1.807) is 16.7 Å². The molecule has 3 rings (SSSR count). The molecule has 20 heavy (non-hydrogen) atoms. The molecule has 4 nitrogen and oxygen atoms in total. The Morgan fingerprint density at radius 1 is 1.45 bits per heavy atom. The number of carbonyl (C=O) groups excluding carboxylic acids is 2. The fourth-order valence-corrected chi connectivity index (χ4v) is 3.83. The molecule has 106 valence electrons. The summed E-state index contributed by atoms with van der Waals surface area (Å²) in [6.45, 7) is 0.209. The molecule has 1 saturated heterocycles. The molecule has 1 heterocycles. The molecule has 0 N–H and O–H groups in total. The summed E-state index contributed by atoms with van der Waals surface area (Å²) in [5.41, 5.74) is 2.59. The SMILES string of the molecule is CN(C(=O)CN1CSCC1=O)C1CCc2ccccc21. The van der Waals surface area contributed by atoms with Crippen LogP contribution in [0, 0.1) is 0 Å². The Kier molecular flexibility index (Phi) is 3.70. The van der Waals surface area contributed by atoms with E-state index in [2.05, 4.69) is 12.1 Å². The lowest BCUT2D eigenvalue weighted by atomic mass is 10.1. The molecule has 1 atom stereocenters. The molecule has 0 spiro atoms. The minimum absolute atomic E-state index is 0.0301. The van der Waals surface area contributed by atoms with Crippen LogP contribution in [0.5, 0.6) is 0 Å². The van der Waals surface area contributed by atoms with Gasteiger partial charge in [0.25, 0.3) is 0 Å². The highest BCUT2D eigenvalue weighted by Gasteiger charge is 2.30. The largest absolute Gasteiger partial charge is 0.337 e. The van der Waals surface area contributed by atoms with Gasteiger partial charge in [-0.3, -0.25) is 9.59 Å². The zero-order valence-electron chi connectivity index (χ0n) is 11.5. The predicted molar refractivity (Wildman–Crippen MR) is 79.3 cm³/mol. The lowest BCUT2D eigenvalue weighted by molar-refractivity contribution is -0.138. The monoisotopic (exact) mass is 290 g/mol. The van der Waals surface area contributed by atoms with Crippen molar-refractivity contribution in [3.8, 4) is 0 Å². The topological polar surface area (TPSA) is 40.6 Å². The Hall–Kier alpha value is -1.49. The van der Waals surface area contributed by atoms with Gasteiger partial charge in [-0.05, 0) is 24.0 Å². The summed E-state index contributed by atoms with van der Waals surface area (Å²) in [4.78, 5) is 27.4. The Morgan fingerprint density at radius 2 is 2.25 bits per heavy atom. The minimum Gasteiger partial charge on any atom is -0.337 e. The summed E-state index contributed by atoms with van der Waals surface area (Å²) in [6, 6.07) is 8.46. The van der Waals surface area contributed by atoms with Crippen molar-refractivity contribution in [1.82, 2.24) is 9.80 Å². The first-order valence-corrected chi connectivity index (χ1v) is 8.01. The third-order valence-corrected chi connectivity index (χ3v) is 5.06. The molecule has 5 heteroatoms. The quantitative estimate of drug-likeness (QED) is 0.850. The van der Waals surface area contributed by atoms with Crippen LogP contribution in [0.25, 0.3) is 0 Å². The van der Waals surface area contributed by atoms with Gasteiger partial charge in [0.2, 0.25) is 11.8 Å². The van der Waals surface area contributed by atoms with Crippen molar-refractivity contribution in [2.24, 2.45) is 0 Å². The highest BCUT2D eigenvalue weighted by atomic mass is 32.2. The second-order valence-electron chi connectivity index (χ2n) is 5.33. The smallest absolute Gasteiger partial charge is 0.242 e. The van der Waals surface area contributed by atoms with Crippen molar-refractivity contribution in [1.29, 1.82) is 0 Å². The van der Waals surface area contributed by atoms with Crippen LogP contribution in [0.2, 0.25) is 0 Å². The zero-order valence-corrected chi connectivity index (χ0v) is 12.4. The fourth-order valence-electron chi connectivity index (χ4n) is 2.93. The number of nitrogens with zero attached hydrogens (tertiary/aromatic N) is 2. The maximum Gasteiger partial charge on any atom is 0.242 e. The van der Waals surface area contributed by atoms with Gasteiger partial charge in [0.15, 0.2) is 0 Å². The molecular weight excluding hydrogens is 272 g/mol. The second-order valence-corrected chi connectivity index (χ2v) is 6.28. The highest BCUT2D eigenvalue weighted by Crippen LogP contribution is 2.34. The van der Waals surface area contributed by atoms with E-state index >= 15 is 0 Å². The number of fused-ring (bicyclic) bond motifs is 1. The van der Waals surface area contributed by atoms with E-state index in [0.29, 0.717) is 11.6 Å². The molecule has 1 unspecified atom stereocenters. The Bertz CT molecular complexity index is 546. The van der Waals surface area contributed by atoms with Gasteiger partial charge >= 0.3 is 0 Å². The van der Waals surface area contributed by atoms with Gasteiger partial charge in [-0.1, -0.05) is 24.3 Å². The van der Waals surface area contributed by atoms with E-state index in [4.69, 9.17) is 0 Å². The van der Waals surface area contributed by atoms with Gasteiger partial charge in [-0.25, -0.2) is 0 Å². The molecule has 0 bridgehead atoms. The third-order valence-electron chi connectivity index (χ3n) is 4.11. The number of hydrogen-bond donors (Lipinski definition) is 0. The molecular formula is C15H18N2O2S. The molecule has 0 radical (unpaired) electrons. The first kappa shape index (κ1) is 13.5. The molecule has 1 aromatic rings.